The molecule has 0 saturated carbocycles. The first-order chi connectivity index (χ1) is 8.17. The van der Waals surface area contributed by atoms with Crippen molar-refractivity contribution in [2.45, 2.75) is 45.6 Å². The van der Waals surface area contributed by atoms with E-state index in [1.165, 1.54) is 18.4 Å². The molecule has 0 radical (unpaired) electrons. The smallest absolute Gasteiger partial charge is 0.0910 e. The summed E-state index contributed by atoms with van der Waals surface area (Å²) in [4.78, 5) is 8.61. The molecule has 0 fully saturated rings. The Hall–Kier alpha value is -1.40. The summed E-state index contributed by atoms with van der Waals surface area (Å²) < 4.78 is 0. The Balaban J connectivity index is 2.57. The summed E-state index contributed by atoms with van der Waals surface area (Å²) in [6.45, 7) is 7.19. The number of unbranched alkanes of at least 4 members (excludes halogenated alkanes) is 2. The third kappa shape index (κ3) is 4.97. The molecule has 1 rings (SSSR count). The predicted molar refractivity (Wildman–Crippen MR) is 73.7 cm³/mol. The predicted octanol–water partition coefficient (Wildman–Crippen LogP) is 4.29. The van der Waals surface area contributed by atoms with E-state index in [1.807, 2.05) is 18.2 Å². The molecule has 17 heavy (non-hydrogen) atoms. The first kappa shape index (κ1) is 13.7. The van der Waals surface area contributed by atoms with Gasteiger partial charge >= 0.3 is 0 Å². The van der Waals surface area contributed by atoms with Gasteiger partial charge in [0, 0.05) is 6.54 Å². The summed E-state index contributed by atoms with van der Waals surface area (Å²) in [5.74, 6) is 0. The Labute approximate surface area is 105 Å². The Morgan fingerprint density at radius 1 is 1.12 bits per heavy atom. The molecule has 0 aliphatic carbocycles. The zero-order chi connectivity index (χ0) is 12.6. The van der Waals surface area contributed by atoms with Crippen LogP contribution in [-0.2, 0) is 5.54 Å². The Morgan fingerprint density at radius 3 is 2.47 bits per heavy atom. The summed E-state index contributed by atoms with van der Waals surface area (Å²) in [6, 6.07) is 13.1. The zero-order valence-corrected chi connectivity index (χ0v) is 11.1. The van der Waals surface area contributed by atoms with Crippen LogP contribution in [0.1, 0.15) is 45.6 Å². The quantitative estimate of drug-likeness (QED) is 0.514. The highest BCUT2D eigenvalue weighted by molar-refractivity contribution is 5.43. The van der Waals surface area contributed by atoms with Gasteiger partial charge in [0.2, 0.25) is 0 Å². The summed E-state index contributed by atoms with van der Waals surface area (Å²) >= 11 is 0. The van der Waals surface area contributed by atoms with Crippen molar-refractivity contribution in [2.24, 2.45) is 9.98 Å². The minimum absolute atomic E-state index is 0.241. The van der Waals surface area contributed by atoms with E-state index in [-0.39, 0.29) is 5.54 Å². The number of rotatable bonds is 6. The highest BCUT2D eigenvalue weighted by atomic mass is 14.9. The SMILES string of the molecule is CCCCCN=C=NC(C)(C)c1ccccc1. The van der Waals surface area contributed by atoms with Gasteiger partial charge in [0.05, 0.1) is 11.5 Å². The minimum atomic E-state index is -0.241. The fraction of sp³-hybridized carbons (Fsp3) is 0.533. The highest BCUT2D eigenvalue weighted by Crippen LogP contribution is 2.23. The number of benzene rings is 1. The summed E-state index contributed by atoms with van der Waals surface area (Å²) in [7, 11) is 0. The van der Waals surface area contributed by atoms with Gasteiger partial charge in [-0.1, -0.05) is 50.1 Å². The molecule has 0 aliphatic heterocycles. The van der Waals surface area contributed by atoms with Crippen LogP contribution in [-0.4, -0.2) is 12.6 Å². The second-order valence-electron chi connectivity index (χ2n) is 4.73. The topological polar surface area (TPSA) is 24.7 Å². The first-order valence-electron chi connectivity index (χ1n) is 6.35. The van der Waals surface area contributed by atoms with Crippen LogP contribution < -0.4 is 0 Å². The summed E-state index contributed by atoms with van der Waals surface area (Å²) in [5.41, 5.74) is 0.950. The molecule has 0 saturated heterocycles. The average Bonchev–Trinajstić information content (AvgIpc) is 2.35. The molecule has 2 nitrogen and oxygen atoms in total. The fourth-order valence-electron chi connectivity index (χ4n) is 1.56. The first-order valence-corrected chi connectivity index (χ1v) is 6.35. The van der Waals surface area contributed by atoms with Crippen molar-refractivity contribution in [3.05, 3.63) is 35.9 Å². The van der Waals surface area contributed by atoms with Gasteiger partial charge in [-0.25, -0.2) is 9.98 Å². The maximum atomic E-state index is 4.41. The number of hydrogen-bond acceptors (Lipinski definition) is 2. The maximum Gasteiger partial charge on any atom is 0.0910 e. The highest BCUT2D eigenvalue weighted by Gasteiger charge is 2.17. The van der Waals surface area contributed by atoms with Crippen molar-refractivity contribution in [3.63, 3.8) is 0 Å². The molecule has 0 amide bonds. The van der Waals surface area contributed by atoms with Gasteiger partial charge in [-0.05, 0) is 25.8 Å². The molecule has 0 unspecified atom stereocenters. The van der Waals surface area contributed by atoms with Crippen molar-refractivity contribution >= 4 is 6.01 Å². The summed E-state index contributed by atoms with van der Waals surface area (Å²) in [5, 5.41) is 0. The van der Waals surface area contributed by atoms with Crippen LogP contribution >= 0.6 is 0 Å². The number of aliphatic imine (C=N–C) groups is 2. The standard InChI is InChI=1S/C15H22N2/c1-4-5-9-12-16-13-17-15(2,3)14-10-7-6-8-11-14/h6-8,10-11H,4-5,9,12H2,1-3H3. The number of hydrogen-bond donors (Lipinski definition) is 0. The number of nitrogens with zero attached hydrogens (tertiary/aromatic N) is 2. The third-order valence-electron chi connectivity index (χ3n) is 2.75. The summed E-state index contributed by atoms with van der Waals surface area (Å²) in [6.07, 6.45) is 3.58. The van der Waals surface area contributed by atoms with Crippen LogP contribution in [0.3, 0.4) is 0 Å². The molecule has 0 N–H and O–H groups in total. The molecule has 0 aromatic heterocycles. The monoisotopic (exact) mass is 230 g/mol. The van der Waals surface area contributed by atoms with Gasteiger partial charge in [-0.2, -0.15) is 0 Å². The van der Waals surface area contributed by atoms with Crippen LogP contribution in [0.2, 0.25) is 0 Å². The normalized spacial score (nSPS) is 10.8. The van der Waals surface area contributed by atoms with Crippen LogP contribution in [0.15, 0.2) is 40.3 Å². The van der Waals surface area contributed by atoms with Crippen molar-refractivity contribution in [3.8, 4) is 0 Å². The van der Waals surface area contributed by atoms with E-state index in [9.17, 15) is 0 Å². The molecule has 0 heterocycles. The van der Waals surface area contributed by atoms with Gasteiger partial charge in [-0.3, -0.25) is 0 Å². The molecule has 0 spiro atoms. The van der Waals surface area contributed by atoms with Crippen molar-refractivity contribution < 1.29 is 0 Å². The average molecular weight is 230 g/mol. The molecule has 0 atom stereocenters. The van der Waals surface area contributed by atoms with Crippen LogP contribution in [0.25, 0.3) is 0 Å². The molecule has 92 valence electrons. The molecule has 2 heteroatoms. The lowest BCUT2D eigenvalue weighted by molar-refractivity contribution is 0.561. The van der Waals surface area contributed by atoms with Gasteiger partial charge < -0.3 is 0 Å². The third-order valence-corrected chi connectivity index (χ3v) is 2.75. The molecule has 1 aromatic rings. The fourth-order valence-corrected chi connectivity index (χ4v) is 1.56. The van der Waals surface area contributed by atoms with Crippen LogP contribution in [0.5, 0.6) is 0 Å². The van der Waals surface area contributed by atoms with E-state index in [1.54, 1.807) is 0 Å². The van der Waals surface area contributed by atoms with Gasteiger partial charge in [0.1, 0.15) is 0 Å². The second kappa shape index (κ2) is 7.03. The van der Waals surface area contributed by atoms with E-state index < -0.39 is 0 Å². The van der Waals surface area contributed by atoms with E-state index >= 15 is 0 Å². The molecular weight excluding hydrogens is 208 g/mol. The van der Waals surface area contributed by atoms with Crippen LogP contribution in [0, 0.1) is 0 Å². The Morgan fingerprint density at radius 2 is 1.82 bits per heavy atom. The van der Waals surface area contributed by atoms with Crippen molar-refractivity contribution in [1.29, 1.82) is 0 Å². The van der Waals surface area contributed by atoms with Gasteiger partial charge in [0.25, 0.3) is 0 Å². The lowest BCUT2D eigenvalue weighted by Gasteiger charge is -2.17. The van der Waals surface area contributed by atoms with E-state index in [4.69, 9.17) is 0 Å². The molecule has 1 aromatic carbocycles. The Bertz CT molecular complexity index is 373. The second-order valence-corrected chi connectivity index (χ2v) is 4.73. The maximum absolute atomic E-state index is 4.41. The van der Waals surface area contributed by atoms with Gasteiger partial charge in [0.15, 0.2) is 0 Å². The van der Waals surface area contributed by atoms with Crippen molar-refractivity contribution in [2.75, 3.05) is 6.54 Å². The van der Waals surface area contributed by atoms with E-state index in [0.717, 1.165) is 13.0 Å². The Kier molecular flexibility index (Phi) is 5.65. The largest absolute Gasteiger partial charge is 0.226 e. The van der Waals surface area contributed by atoms with Gasteiger partial charge in [-0.15, -0.1) is 0 Å². The molecule has 0 bridgehead atoms. The lowest BCUT2D eigenvalue weighted by atomic mass is 9.95. The molecular formula is C15H22N2. The van der Waals surface area contributed by atoms with E-state index in [0.29, 0.717) is 0 Å². The van der Waals surface area contributed by atoms with Crippen molar-refractivity contribution in [1.82, 2.24) is 0 Å². The zero-order valence-electron chi connectivity index (χ0n) is 11.1. The van der Waals surface area contributed by atoms with E-state index in [2.05, 4.69) is 48.9 Å². The lowest BCUT2D eigenvalue weighted by Crippen LogP contribution is -2.12. The van der Waals surface area contributed by atoms with Crippen LogP contribution in [0.4, 0.5) is 0 Å². The minimum Gasteiger partial charge on any atom is -0.226 e. The molecule has 0 aliphatic rings.